The molecule has 0 saturated carbocycles. The van der Waals surface area contributed by atoms with E-state index in [2.05, 4.69) is 20.7 Å². The van der Waals surface area contributed by atoms with E-state index in [1.807, 2.05) is 0 Å². The van der Waals surface area contributed by atoms with Gasteiger partial charge in [0, 0.05) is 23.9 Å². The molecule has 2 aromatic heterocycles. The number of aromatic nitrogens is 3. The summed E-state index contributed by atoms with van der Waals surface area (Å²) in [5.41, 5.74) is -1.60. The Kier molecular flexibility index (Phi) is 6.99. The van der Waals surface area contributed by atoms with E-state index in [4.69, 9.17) is 9.47 Å². The highest BCUT2D eigenvalue weighted by molar-refractivity contribution is 6.10. The zero-order chi connectivity index (χ0) is 27.1. The Morgan fingerprint density at radius 2 is 2.03 bits per heavy atom. The SMILES string of the molecule is CC(C)(C)OC(=O)NC1COCC[C@H]1Nc1nc(-c2cnn(C(F)F)c2)c2c(c1F)CN(C(=O)O)C2=O. The van der Waals surface area contributed by atoms with Gasteiger partial charge in [-0.2, -0.15) is 13.9 Å². The summed E-state index contributed by atoms with van der Waals surface area (Å²) in [6.07, 6.45) is -0.0331. The summed E-state index contributed by atoms with van der Waals surface area (Å²) in [7, 11) is 0. The summed E-state index contributed by atoms with van der Waals surface area (Å²) >= 11 is 0. The van der Waals surface area contributed by atoms with Crippen molar-refractivity contribution >= 4 is 23.9 Å². The van der Waals surface area contributed by atoms with Crippen molar-refractivity contribution < 1.29 is 42.1 Å². The molecule has 15 heteroatoms. The molecule has 0 aliphatic carbocycles. The summed E-state index contributed by atoms with van der Waals surface area (Å²) in [6, 6.07) is -1.24. The number of pyridine rings is 1. The first-order valence-corrected chi connectivity index (χ1v) is 11.3. The van der Waals surface area contributed by atoms with E-state index in [9.17, 15) is 28.3 Å². The quantitative estimate of drug-likeness (QED) is 0.534. The number of anilines is 1. The molecule has 0 aromatic carbocycles. The molecule has 3 amide bonds. The predicted molar refractivity (Wildman–Crippen MR) is 121 cm³/mol. The van der Waals surface area contributed by atoms with Gasteiger partial charge in [-0.15, -0.1) is 0 Å². The lowest BCUT2D eigenvalue weighted by atomic mass is 10.0. The van der Waals surface area contributed by atoms with Crippen molar-refractivity contribution in [3.63, 3.8) is 0 Å². The first-order valence-electron chi connectivity index (χ1n) is 11.3. The Hall–Kier alpha value is -3.88. The minimum absolute atomic E-state index is 0.0319. The summed E-state index contributed by atoms with van der Waals surface area (Å²) < 4.78 is 52.9. The molecule has 4 heterocycles. The fourth-order valence-corrected chi connectivity index (χ4v) is 4.07. The number of alkyl carbamates (subject to hydrolysis) is 1. The number of ether oxygens (including phenoxy) is 2. The van der Waals surface area contributed by atoms with E-state index in [1.54, 1.807) is 20.8 Å². The maximum Gasteiger partial charge on any atom is 0.414 e. The van der Waals surface area contributed by atoms with Crippen LogP contribution >= 0.6 is 0 Å². The third kappa shape index (κ3) is 5.45. The molecule has 200 valence electrons. The van der Waals surface area contributed by atoms with Crippen molar-refractivity contribution in [1.82, 2.24) is 25.0 Å². The summed E-state index contributed by atoms with van der Waals surface area (Å²) in [5.74, 6) is -2.35. The second-order valence-electron chi connectivity index (χ2n) is 9.50. The molecule has 2 aliphatic heterocycles. The van der Waals surface area contributed by atoms with E-state index < -0.39 is 54.7 Å². The van der Waals surface area contributed by atoms with E-state index in [-0.39, 0.29) is 41.4 Å². The molecule has 1 fully saturated rings. The average molecular weight is 526 g/mol. The molecular weight excluding hydrogens is 501 g/mol. The smallest absolute Gasteiger partial charge is 0.414 e. The highest BCUT2D eigenvalue weighted by Crippen LogP contribution is 2.36. The number of carbonyl (C=O) groups excluding carboxylic acids is 2. The van der Waals surface area contributed by atoms with Gasteiger partial charge in [0.05, 0.1) is 42.7 Å². The molecule has 1 unspecified atom stereocenters. The lowest BCUT2D eigenvalue weighted by Gasteiger charge is -2.33. The van der Waals surface area contributed by atoms with Crippen LogP contribution in [-0.4, -0.2) is 73.8 Å². The van der Waals surface area contributed by atoms with Crippen molar-refractivity contribution in [3.05, 3.63) is 29.3 Å². The number of nitrogens with zero attached hydrogens (tertiary/aromatic N) is 4. The molecule has 3 N–H and O–H groups in total. The van der Waals surface area contributed by atoms with Gasteiger partial charge in [-0.05, 0) is 27.2 Å². The van der Waals surface area contributed by atoms with Gasteiger partial charge in [-0.3, -0.25) is 4.79 Å². The van der Waals surface area contributed by atoms with E-state index in [0.29, 0.717) is 16.0 Å². The van der Waals surface area contributed by atoms with Crippen LogP contribution in [0.3, 0.4) is 0 Å². The monoisotopic (exact) mass is 526 g/mol. The fourth-order valence-electron chi connectivity index (χ4n) is 4.07. The molecule has 4 rings (SSSR count). The zero-order valence-corrected chi connectivity index (χ0v) is 20.1. The molecule has 0 bridgehead atoms. The van der Waals surface area contributed by atoms with Gasteiger partial charge < -0.3 is 25.2 Å². The Labute approximate surface area is 208 Å². The van der Waals surface area contributed by atoms with Crippen molar-refractivity contribution in [1.29, 1.82) is 0 Å². The van der Waals surface area contributed by atoms with Crippen LogP contribution in [0.4, 0.5) is 28.6 Å². The van der Waals surface area contributed by atoms with E-state index in [0.717, 1.165) is 12.4 Å². The number of carboxylic acid groups (broad SMARTS) is 1. The molecule has 12 nitrogen and oxygen atoms in total. The number of hydrogen-bond donors (Lipinski definition) is 3. The van der Waals surface area contributed by atoms with Gasteiger partial charge in [0.1, 0.15) is 5.60 Å². The summed E-state index contributed by atoms with van der Waals surface area (Å²) in [6.45, 7) is 1.90. The number of rotatable bonds is 5. The van der Waals surface area contributed by atoms with Crippen LogP contribution in [0.1, 0.15) is 49.7 Å². The Morgan fingerprint density at radius 1 is 1.30 bits per heavy atom. The second kappa shape index (κ2) is 9.88. The minimum atomic E-state index is -2.98. The highest BCUT2D eigenvalue weighted by Gasteiger charge is 2.40. The molecule has 37 heavy (non-hydrogen) atoms. The number of hydrogen-bond acceptors (Lipinski definition) is 8. The molecule has 0 radical (unpaired) electrons. The Balaban J connectivity index is 1.70. The van der Waals surface area contributed by atoms with Gasteiger partial charge in [-0.1, -0.05) is 0 Å². The first kappa shape index (κ1) is 26.2. The van der Waals surface area contributed by atoms with Gasteiger partial charge in [0.2, 0.25) is 0 Å². The molecule has 2 aromatic rings. The third-order valence-electron chi connectivity index (χ3n) is 5.70. The first-order chi connectivity index (χ1) is 17.4. The van der Waals surface area contributed by atoms with Crippen LogP contribution in [0.25, 0.3) is 11.3 Å². The number of amides is 3. The normalized spacial score (nSPS) is 19.6. The standard InChI is InChI=1S/C22H25F3N6O6/c1-22(2,3)37-20(33)28-13-9-36-5-4-12(13)27-17-15(23)11-8-30(21(34)35)18(32)14(11)16(29-17)10-6-26-31(7-10)19(24)25/h6-7,12-13,19H,4-5,8-9H2,1-3H3,(H,27,29)(H,28,33)(H,34,35)/t12-,13?/m1/s1. The highest BCUT2D eigenvalue weighted by atomic mass is 19.3. The van der Waals surface area contributed by atoms with Gasteiger partial charge in [-0.25, -0.2) is 28.5 Å². The zero-order valence-electron chi connectivity index (χ0n) is 20.1. The predicted octanol–water partition coefficient (Wildman–Crippen LogP) is 3.21. The lowest BCUT2D eigenvalue weighted by Crippen LogP contribution is -2.53. The van der Waals surface area contributed by atoms with Crippen molar-refractivity contribution in [2.24, 2.45) is 0 Å². The number of imide groups is 1. The average Bonchev–Trinajstić information content (AvgIpc) is 3.42. The van der Waals surface area contributed by atoms with Crippen LogP contribution in [0.2, 0.25) is 0 Å². The van der Waals surface area contributed by atoms with Crippen LogP contribution in [0.15, 0.2) is 12.4 Å². The topological polar surface area (TPSA) is 148 Å². The van der Waals surface area contributed by atoms with Crippen molar-refractivity contribution in [3.8, 4) is 11.3 Å². The minimum Gasteiger partial charge on any atom is -0.465 e. The largest absolute Gasteiger partial charge is 0.465 e. The van der Waals surface area contributed by atoms with E-state index >= 15 is 4.39 Å². The lowest BCUT2D eigenvalue weighted by molar-refractivity contribution is 0.0317. The molecule has 0 spiro atoms. The number of nitrogens with one attached hydrogen (secondary N) is 2. The van der Waals surface area contributed by atoms with E-state index in [1.165, 1.54) is 0 Å². The Bertz CT molecular complexity index is 1230. The third-order valence-corrected chi connectivity index (χ3v) is 5.70. The molecular formula is C22H25F3N6O6. The van der Waals surface area contributed by atoms with Crippen LogP contribution in [0.5, 0.6) is 0 Å². The van der Waals surface area contributed by atoms with Crippen molar-refractivity contribution in [2.45, 2.75) is 58.0 Å². The van der Waals surface area contributed by atoms with Gasteiger partial charge in [0.25, 0.3) is 5.91 Å². The van der Waals surface area contributed by atoms with Crippen LogP contribution in [-0.2, 0) is 16.0 Å². The molecule has 2 atom stereocenters. The van der Waals surface area contributed by atoms with Gasteiger partial charge in [0.15, 0.2) is 11.6 Å². The number of halogens is 3. The van der Waals surface area contributed by atoms with Crippen LogP contribution in [0, 0.1) is 5.82 Å². The number of fused-ring (bicyclic) bond motifs is 1. The molecule has 1 saturated heterocycles. The summed E-state index contributed by atoms with van der Waals surface area (Å²) in [5, 5.41) is 18.5. The molecule has 2 aliphatic rings. The Morgan fingerprint density at radius 3 is 2.65 bits per heavy atom. The number of alkyl halides is 2. The van der Waals surface area contributed by atoms with Crippen LogP contribution < -0.4 is 10.6 Å². The number of carbonyl (C=O) groups is 3. The maximum absolute atomic E-state index is 15.6. The second-order valence-corrected chi connectivity index (χ2v) is 9.50. The maximum atomic E-state index is 15.6. The summed E-state index contributed by atoms with van der Waals surface area (Å²) in [4.78, 5) is 41.2. The fraction of sp³-hybridized carbons (Fsp3) is 0.500. The van der Waals surface area contributed by atoms with Crippen molar-refractivity contribution in [2.75, 3.05) is 18.5 Å². The van der Waals surface area contributed by atoms with Gasteiger partial charge >= 0.3 is 18.7 Å².